The van der Waals surface area contributed by atoms with Crippen LogP contribution in [0.25, 0.3) is 22.6 Å². The van der Waals surface area contributed by atoms with E-state index in [4.69, 9.17) is 19.4 Å². The minimum absolute atomic E-state index is 0.0188. The lowest BCUT2D eigenvalue weighted by Crippen LogP contribution is -2.40. The Morgan fingerprint density at radius 2 is 1.76 bits per heavy atom. The van der Waals surface area contributed by atoms with Gasteiger partial charge in [0.15, 0.2) is 22.9 Å². The summed E-state index contributed by atoms with van der Waals surface area (Å²) in [6.07, 6.45) is 3.22. The summed E-state index contributed by atoms with van der Waals surface area (Å²) in [6, 6.07) is 16.2. The number of H-pyrrole nitrogens is 1. The Morgan fingerprint density at radius 1 is 0.976 bits per heavy atom. The lowest BCUT2D eigenvalue weighted by Gasteiger charge is -2.37. The number of halogens is 1. The van der Waals surface area contributed by atoms with Crippen molar-refractivity contribution in [3.05, 3.63) is 95.3 Å². The molecule has 0 spiro atoms. The highest BCUT2D eigenvalue weighted by molar-refractivity contribution is 5.94. The highest BCUT2D eigenvalue weighted by Crippen LogP contribution is 2.52. The fraction of sp³-hybridized carbons (Fsp3) is 0.258. The maximum Gasteiger partial charge on any atom is 0.254 e. The number of aromatic nitrogens is 5. The summed E-state index contributed by atoms with van der Waals surface area (Å²) in [7, 11) is 0. The van der Waals surface area contributed by atoms with Crippen molar-refractivity contribution in [2.24, 2.45) is 0 Å². The Balaban J connectivity index is 1.27. The van der Waals surface area contributed by atoms with Gasteiger partial charge in [0.2, 0.25) is 5.88 Å². The molecule has 7 rings (SSSR count). The van der Waals surface area contributed by atoms with Crippen molar-refractivity contribution in [1.82, 2.24) is 29.8 Å². The lowest BCUT2D eigenvalue weighted by atomic mass is 9.69. The van der Waals surface area contributed by atoms with Crippen molar-refractivity contribution in [3.8, 4) is 22.9 Å². The third kappa shape index (κ3) is 4.31. The number of nitrogens with one attached hydrogen (secondary N) is 1. The van der Waals surface area contributed by atoms with Crippen molar-refractivity contribution < 1.29 is 18.7 Å². The molecule has 1 saturated heterocycles. The average Bonchev–Trinajstić information content (AvgIpc) is 3.46. The molecule has 1 amide bonds. The first kappa shape index (κ1) is 25.3. The first-order valence-electron chi connectivity index (χ1n) is 13.5. The zero-order valence-electron chi connectivity index (χ0n) is 22.6. The molecule has 5 heterocycles. The second kappa shape index (κ2) is 9.74. The van der Waals surface area contributed by atoms with Crippen LogP contribution in [0.4, 0.5) is 4.39 Å². The minimum Gasteiger partial charge on any atom is -0.435 e. The quantitative estimate of drug-likeness (QED) is 0.326. The predicted octanol–water partition coefficient (Wildman–Crippen LogP) is 5.24. The predicted molar refractivity (Wildman–Crippen MR) is 149 cm³/mol. The van der Waals surface area contributed by atoms with Crippen LogP contribution in [0.15, 0.2) is 67.0 Å². The summed E-state index contributed by atoms with van der Waals surface area (Å²) in [5, 5.41) is 0. The number of hydrogen-bond donors (Lipinski definition) is 1. The van der Waals surface area contributed by atoms with Crippen molar-refractivity contribution in [2.75, 3.05) is 26.3 Å². The molecule has 41 heavy (non-hydrogen) atoms. The molecule has 0 bridgehead atoms. The van der Waals surface area contributed by atoms with E-state index < -0.39 is 11.2 Å². The number of hydrogen-bond acceptors (Lipinski definition) is 7. The molecule has 0 aliphatic carbocycles. The van der Waals surface area contributed by atoms with Gasteiger partial charge < -0.3 is 19.4 Å². The molecule has 2 aliphatic heterocycles. The maximum atomic E-state index is 15.2. The van der Waals surface area contributed by atoms with Crippen LogP contribution in [-0.2, 0) is 10.2 Å². The normalized spacial score (nSPS) is 16.7. The number of amides is 1. The number of rotatable bonds is 4. The zero-order valence-corrected chi connectivity index (χ0v) is 22.6. The van der Waals surface area contributed by atoms with Crippen LogP contribution < -0.4 is 4.74 Å². The standard InChI is InChI=1S/C31H27FN6O3/c1-31(2,30-36-26-27(37-30)34-13-12-33-26)24-20-4-3-5-22(32)25(20)41-28-21(24)10-11-23(35-28)18-6-8-19(9-7-18)29(39)38-14-16-40-17-15-38/h3-13,24H,14-17H2,1-2H3,(H,33,34,36,37). The van der Waals surface area contributed by atoms with E-state index in [1.807, 2.05) is 30.3 Å². The number of morpholine rings is 1. The number of imidazole rings is 1. The number of carbonyl (C=O) groups is 1. The molecule has 2 aliphatic rings. The molecule has 3 aromatic heterocycles. The molecule has 1 fully saturated rings. The molecule has 5 aromatic rings. The number of nitrogens with zero attached hydrogens (tertiary/aromatic N) is 5. The zero-order chi connectivity index (χ0) is 28.1. The van der Waals surface area contributed by atoms with E-state index in [0.717, 1.165) is 11.1 Å². The molecule has 9 nitrogen and oxygen atoms in total. The first-order chi connectivity index (χ1) is 19.9. The Kier molecular flexibility index (Phi) is 6.01. The smallest absolute Gasteiger partial charge is 0.254 e. The number of carbonyl (C=O) groups excluding carboxylic acids is 1. The van der Waals surface area contributed by atoms with Gasteiger partial charge in [-0.15, -0.1) is 0 Å². The third-order valence-corrected chi connectivity index (χ3v) is 7.90. The van der Waals surface area contributed by atoms with Gasteiger partial charge in [-0.2, -0.15) is 0 Å². The van der Waals surface area contributed by atoms with Crippen LogP contribution in [0.2, 0.25) is 0 Å². The van der Waals surface area contributed by atoms with Gasteiger partial charge in [0.25, 0.3) is 5.91 Å². The molecular formula is C31H27FN6O3. The first-order valence-corrected chi connectivity index (χ1v) is 13.5. The molecule has 0 saturated carbocycles. The van der Waals surface area contributed by atoms with E-state index in [-0.39, 0.29) is 17.6 Å². The van der Waals surface area contributed by atoms with E-state index in [9.17, 15) is 4.79 Å². The van der Waals surface area contributed by atoms with Gasteiger partial charge in [0.05, 0.1) is 18.9 Å². The molecule has 1 N–H and O–H groups in total. The van der Waals surface area contributed by atoms with Crippen LogP contribution >= 0.6 is 0 Å². The Labute approximate surface area is 235 Å². The van der Waals surface area contributed by atoms with Gasteiger partial charge in [-0.1, -0.05) is 44.2 Å². The van der Waals surface area contributed by atoms with Crippen molar-refractivity contribution in [2.45, 2.75) is 25.2 Å². The SMILES string of the molecule is CC(C)(c1nc2nccnc2[nH]1)C1c2ccc(-c3ccc(C(=O)N4CCOCC4)cc3)nc2Oc2c(F)cccc21. The minimum atomic E-state index is -0.631. The fourth-order valence-corrected chi connectivity index (χ4v) is 5.74. The number of fused-ring (bicyclic) bond motifs is 3. The molecular weight excluding hydrogens is 523 g/mol. The maximum absolute atomic E-state index is 15.2. The van der Waals surface area contributed by atoms with Gasteiger partial charge in [0.1, 0.15) is 5.82 Å². The summed E-state index contributed by atoms with van der Waals surface area (Å²) >= 11 is 0. The van der Waals surface area contributed by atoms with E-state index in [1.165, 1.54) is 6.07 Å². The lowest BCUT2D eigenvalue weighted by molar-refractivity contribution is 0.0303. The number of para-hydroxylation sites is 1. The number of benzene rings is 2. The Hall–Kier alpha value is -4.70. The van der Waals surface area contributed by atoms with Gasteiger partial charge >= 0.3 is 0 Å². The third-order valence-electron chi connectivity index (χ3n) is 7.90. The monoisotopic (exact) mass is 550 g/mol. The van der Waals surface area contributed by atoms with Gasteiger partial charge in [-0.05, 0) is 24.3 Å². The average molecular weight is 551 g/mol. The molecule has 1 unspecified atom stereocenters. The summed E-state index contributed by atoms with van der Waals surface area (Å²) in [4.78, 5) is 36.2. The fourth-order valence-electron chi connectivity index (χ4n) is 5.74. The largest absolute Gasteiger partial charge is 0.435 e. The van der Waals surface area contributed by atoms with E-state index >= 15 is 4.39 Å². The second-order valence-electron chi connectivity index (χ2n) is 10.8. The molecule has 206 valence electrons. The number of pyridine rings is 1. The summed E-state index contributed by atoms with van der Waals surface area (Å²) in [5.74, 6) is 0.360. The van der Waals surface area contributed by atoms with Crippen LogP contribution in [0.1, 0.15) is 47.1 Å². The summed E-state index contributed by atoms with van der Waals surface area (Å²) < 4.78 is 26.6. The van der Waals surface area contributed by atoms with Crippen LogP contribution in [0, 0.1) is 5.82 Å². The van der Waals surface area contributed by atoms with Gasteiger partial charge in [-0.3, -0.25) is 4.79 Å². The highest BCUT2D eigenvalue weighted by atomic mass is 19.1. The highest BCUT2D eigenvalue weighted by Gasteiger charge is 2.43. The second-order valence-corrected chi connectivity index (χ2v) is 10.8. The van der Waals surface area contributed by atoms with Crippen LogP contribution in [-0.4, -0.2) is 62.0 Å². The Bertz CT molecular complexity index is 1750. The van der Waals surface area contributed by atoms with Crippen molar-refractivity contribution >= 4 is 17.2 Å². The number of ether oxygens (including phenoxy) is 2. The van der Waals surface area contributed by atoms with Gasteiger partial charge in [0, 0.05) is 59.1 Å². The van der Waals surface area contributed by atoms with Crippen LogP contribution in [0.5, 0.6) is 11.6 Å². The van der Waals surface area contributed by atoms with Crippen molar-refractivity contribution in [1.29, 1.82) is 0 Å². The topological polar surface area (TPSA) is 106 Å². The van der Waals surface area contributed by atoms with E-state index in [2.05, 4.69) is 28.8 Å². The Morgan fingerprint density at radius 3 is 2.54 bits per heavy atom. The molecule has 2 aromatic carbocycles. The molecule has 10 heteroatoms. The van der Waals surface area contributed by atoms with E-state index in [0.29, 0.717) is 66.1 Å². The summed E-state index contributed by atoms with van der Waals surface area (Å²) in [5.41, 5.74) is 4.09. The van der Waals surface area contributed by atoms with Crippen molar-refractivity contribution in [3.63, 3.8) is 0 Å². The number of aromatic amines is 1. The molecule has 1 atom stereocenters. The van der Waals surface area contributed by atoms with Crippen LogP contribution in [0.3, 0.4) is 0 Å². The van der Waals surface area contributed by atoms with E-state index in [1.54, 1.807) is 35.5 Å². The molecule has 0 radical (unpaired) electrons. The van der Waals surface area contributed by atoms with Gasteiger partial charge in [-0.25, -0.2) is 24.3 Å². The summed E-state index contributed by atoms with van der Waals surface area (Å²) in [6.45, 7) is 6.37.